The van der Waals surface area contributed by atoms with Crippen molar-refractivity contribution in [1.29, 1.82) is 0 Å². The second-order valence-electron chi connectivity index (χ2n) is 21.5. The number of Topliss-reactive ketones (excluding diaryl/α,β-unsaturated/α-hetero) is 1. The van der Waals surface area contributed by atoms with Gasteiger partial charge in [0.15, 0.2) is 12.6 Å². The summed E-state index contributed by atoms with van der Waals surface area (Å²) in [5.41, 5.74) is 0.271. The molecule has 6 rings (SSSR count). The molecule has 4 heterocycles. The van der Waals surface area contributed by atoms with E-state index in [9.17, 15) is 5.11 Å². The second-order valence-corrected chi connectivity index (χ2v) is 22.5. The highest BCUT2D eigenvalue weighted by atomic mass is 32.2. The maximum absolute atomic E-state index is 15.1. The lowest BCUT2D eigenvalue weighted by Gasteiger charge is -2.50. The highest BCUT2D eigenvalue weighted by molar-refractivity contribution is 8.02. The quantitative estimate of drug-likeness (QED) is 0.134. The topological polar surface area (TPSA) is 141 Å². The SMILES string of the molecule is CC[C@H]1OC(=O)[C@H](C)[C@@H](O[C@H]2C[C@@](C)(OC)[C@@H](OCc3ccccc3)[C@H](C)O2)[C@H](C)[C@@H](O[C@@H]2O[C@H](C)C[C@H](N(C)C)[C@H]2O)[C@](C)(OC)C[C@@H](C)C(=O)C(C)[C@@H]2C(=CSCCc3ccccc3)COC12C. The van der Waals surface area contributed by atoms with Crippen LogP contribution < -0.4 is 0 Å². The van der Waals surface area contributed by atoms with E-state index in [4.69, 9.17) is 42.6 Å². The zero-order valence-corrected chi connectivity index (χ0v) is 45.3. The van der Waals surface area contributed by atoms with Crippen molar-refractivity contribution < 1.29 is 57.3 Å². The summed E-state index contributed by atoms with van der Waals surface area (Å²) >= 11 is 1.71. The lowest BCUT2D eigenvalue weighted by atomic mass is 9.69. The Morgan fingerprint density at radius 1 is 0.829 bits per heavy atom. The summed E-state index contributed by atoms with van der Waals surface area (Å²) in [6, 6.07) is 20.1. The summed E-state index contributed by atoms with van der Waals surface area (Å²) < 4.78 is 60.2. The Morgan fingerprint density at radius 2 is 1.46 bits per heavy atom. The number of ether oxygens (including phenoxy) is 9. The van der Waals surface area contributed by atoms with Crippen molar-refractivity contribution in [2.24, 2.45) is 29.6 Å². The van der Waals surface area contributed by atoms with E-state index >= 15 is 9.59 Å². The fourth-order valence-electron chi connectivity index (χ4n) is 11.9. The van der Waals surface area contributed by atoms with Crippen LogP contribution in [0.25, 0.3) is 0 Å². The molecule has 0 spiro atoms. The molecule has 2 aromatic rings. The summed E-state index contributed by atoms with van der Waals surface area (Å²) in [5.74, 6) is -2.51. The normalized spacial score (nSPS) is 40.7. The first-order valence-electron chi connectivity index (χ1n) is 25.6. The smallest absolute Gasteiger partial charge is 0.311 e. The third kappa shape index (κ3) is 12.8. The summed E-state index contributed by atoms with van der Waals surface area (Å²) in [6.45, 7) is 20.3. The lowest BCUT2D eigenvalue weighted by molar-refractivity contribution is -0.322. The van der Waals surface area contributed by atoms with Gasteiger partial charge in [0.05, 0.1) is 54.7 Å². The molecule has 14 heteroatoms. The molecule has 4 saturated heterocycles. The molecule has 2 unspecified atom stereocenters. The minimum absolute atomic E-state index is 0.0405. The standard InChI is InChI=1S/C56H85NO12S/c1-15-44-56(10)46(42(32-64-56)33-70-27-26-40-22-18-16-19-23-40)36(4)47(58)34(2)29-54(8,61-13)50(69-53-48(59)43(57(11)12)28-35(3)65-53)37(5)49(38(6)52(60)67-44)68-45-30-55(9,62-14)51(39(7)66-45)63-31-41-24-20-17-21-25-41/h16-25,33-39,43-46,48-51,53,59H,15,26-32H2,1-14H3/t34-,35-,36?,37+,38-,39+,43+,44-,45+,46-,48-,49+,50-,51+,53+,54-,55-,56?/m1/s1. The number of aryl methyl sites for hydroxylation is 1. The molecule has 4 fully saturated rings. The minimum atomic E-state index is -1.17. The number of hydrogen-bond acceptors (Lipinski definition) is 14. The highest BCUT2D eigenvalue weighted by Crippen LogP contribution is 2.48. The first-order chi connectivity index (χ1) is 33.2. The summed E-state index contributed by atoms with van der Waals surface area (Å²) in [7, 11) is 7.15. The zero-order chi connectivity index (χ0) is 51.1. The van der Waals surface area contributed by atoms with Gasteiger partial charge in [-0.25, -0.2) is 0 Å². The van der Waals surface area contributed by atoms with Crippen LogP contribution in [0.15, 0.2) is 71.6 Å². The van der Waals surface area contributed by atoms with Gasteiger partial charge in [0.2, 0.25) is 0 Å². The van der Waals surface area contributed by atoms with Gasteiger partial charge in [-0.15, -0.1) is 11.8 Å². The van der Waals surface area contributed by atoms with E-state index in [-0.39, 0.29) is 36.7 Å². The first kappa shape index (κ1) is 56.6. The molecule has 4 aliphatic rings. The van der Waals surface area contributed by atoms with Crippen molar-refractivity contribution in [2.75, 3.05) is 40.7 Å². The molecule has 1 N–H and O–H groups in total. The predicted molar refractivity (Wildman–Crippen MR) is 272 cm³/mol. The van der Waals surface area contributed by atoms with Crippen molar-refractivity contribution in [3.05, 3.63) is 82.8 Å². The molecule has 0 aliphatic carbocycles. The third-order valence-corrected chi connectivity index (χ3v) is 17.0. The highest BCUT2D eigenvalue weighted by Gasteiger charge is 2.57. The number of ketones is 1. The van der Waals surface area contributed by atoms with Gasteiger partial charge in [0.1, 0.15) is 29.7 Å². The molecular weight excluding hydrogens is 911 g/mol. The number of cyclic esters (lactones) is 1. The number of benzene rings is 2. The van der Waals surface area contributed by atoms with Gasteiger partial charge in [-0.1, -0.05) is 88.4 Å². The van der Waals surface area contributed by atoms with Gasteiger partial charge < -0.3 is 52.6 Å². The molecule has 0 radical (unpaired) electrons. The average molecular weight is 996 g/mol. The third-order valence-electron chi connectivity index (χ3n) is 16.1. The van der Waals surface area contributed by atoms with Gasteiger partial charge >= 0.3 is 5.97 Å². The van der Waals surface area contributed by atoms with E-state index in [0.29, 0.717) is 26.1 Å². The van der Waals surface area contributed by atoms with Crippen LogP contribution in [-0.2, 0) is 65.2 Å². The molecule has 392 valence electrons. The van der Waals surface area contributed by atoms with E-state index < -0.39 is 95.6 Å². The number of carbonyl (C=O) groups excluding carboxylic acids is 2. The van der Waals surface area contributed by atoms with Crippen LogP contribution in [0.3, 0.4) is 0 Å². The maximum Gasteiger partial charge on any atom is 0.311 e. The van der Waals surface area contributed by atoms with Crippen molar-refractivity contribution in [1.82, 2.24) is 4.90 Å². The van der Waals surface area contributed by atoms with E-state index in [2.05, 4.69) is 29.7 Å². The molecular formula is C56H85NO12S. The largest absolute Gasteiger partial charge is 0.459 e. The molecule has 18 atom stereocenters. The van der Waals surface area contributed by atoms with Crippen molar-refractivity contribution in [3.63, 3.8) is 0 Å². The molecule has 0 aromatic heterocycles. The molecule has 0 amide bonds. The first-order valence-corrected chi connectivity index (χ1v) is 26.7. The Balaban J connectivity index is 1.39. The molecule has 13 nitrogen and oxygen atoms in total. The number of aliphatic hydroxyl groups is 1. The molecule has 4 aliphatic heterocycles. The number of esters is 1. The van der Waals surface area contributed by atoms with Gasteiger partial charge in [-0.3, -0.25) is 9.59 Å². The van der Waals surface area contributed by atoms with Crippen molar-refractivity contribution in [2.45, 2.75) is 186 Å². The Bertz CT molecular complexity index is 2010. The van der Waals surface area contributed by atoms with Gasteiger partial charge in [0.25, 0.3) is 0 Å². The fourth-order valence-corrected chi connectivity index (χ4v) is 12.8. The number of methoxy groups -OCH3 is 2. The van der Waals surface area contributed by atoms with Crippen molar-refractivity contribution in [3.8, 4) is 0 Å². The zero-order valence-electron chi connectivity index (χ0n) is 44.5. The summed E-state index contributed by atoms with van der Waals surface area (Å²) in [6.07, 6.45) is -4.11. The second kappa shape index (κ2) is 24.5. The molecule has 2 aromatic carbocycles. The van der Waals surface area contributed by atoms with Gasteiger partial charge in [0, 0.05) is 56.1 Å². The van der Waals surface area contributed by atoms with Crippen LogP contribution in [0.2, 0.25) is 0 Å². The summed E-state index contributed by atoms with van der Waals surface area (Å²) in [5, 5.41) is 14.1. The predicted octanol–water partition coefficient (Wildman–Crippen LogP) is 8.82. The number of thioether (sulfide) groups is 1. The lowest BCUT2D eigenvalue weighted by Crippen LogP contribution is -2.61. The Hall–Kier alpha value is -2.73. The van der Waals surface area contributed by atoms with Crippen LogP contribution in [-0.4, -0.2) is 141 Å². The van der Waals surface area contributed by atoms with E-state index in [1.165, 1.54) is 5.56 Å². The van der Waals surface area contributed by atoms with E-state index in [1.807, 2.05) is 125 Å². The Labute approximate surface area is 423 Å². The van der Waals surface area contributed by atoms with Gasteiger partial charge in [-0.2, -0.15) is 0 Å². The number of aliphatic hydroxyl groups excluding tert-OH is 1. The van der Waals surface area contributed by atoms with E-state index in [0.717, 1.165) is 23.3 Å². The number of hydrogen-bond donors (Lipinski definition) is 1. The number of fused-ring (bicyclic) bond motifs is 1. The number of nitrogens with zero attached hydrogens (tertiary/aromatic N) is 1. The molecule has 0 bridgehead atoms. The number of carbonyl (C=O) groups is 2. The van der Waals surface area contributed by atoms with Crippen LogP contribution in [0, 0.1) is 29.6 Å². The molecule has 70 heavy (non-hydrogen) atoms. The summed E-state index contributed by atoms with van der Waals surface area (Å²) in [4.78, 5) is 32.2. The Morgan fingerprint density at radius 3 is 2.07 bits per heavy atom. The number of rotatable bonds is 15. The Kier molecular flexibility index (Phi) is 19.8. The maximum atomic E-state index is 15.1. The monoisotopic (exact) mass is 996 g/mol. The van der Waals surface area contributed by atoms with E-state index in [1.54, 1.807) is 26.0 Å². The average Bonchev–Trinajstić information content (AvgIpc) is 3.68. The minimum Gasteiger partial charge on any atom is -0.459 e. The fraction of sp³-hybridized carbons (Fsp3) is 0.714. The van der Waals surface area contributed by atoms with Crippen LogP contribution in [0.4, 0.5) is 0 Å². The van der Waals surface area contributed by atoms with Crippen LogP contribution in [0.1, 0.15) is 106 Å². The molecule has 0 saturated carbocycles. The van der Waals surface area contributed by atoms with Crippen LogP contribution >= 0.6 is 11.8 Å². The van der Waals surface area contributed by atoms with Gasteiger partial charge in [-0.05, 0) is 103 Å². The van der Waals surface area contributed by atoms with Crippen molar-refractivity contribution >= 4 is 23.5 Å². The van der Waals surface area contributed by atoms with Crippen LogP contribution in [0.5, 0.6) is 0 Å². The number of likely N-dealkylation sites (N-methyl/N-ethyl adjacent to an activating group) is 1.